The fraction of sp³-hybridized carbons (Fsp3) is 0.636. The summed E-state index contributed by atoms with van der Waals surface area (Å²) in [6.07, 6.45) is 0.157. The van der Waals surface area contributed by atoms with E-state index in [1.807, 2.05) is 6.92 Å². The minimum absolute atomic E-state index is 0.0508. The third kappa shape index (κ3) is 2.86. The van der Waals surface area contributed by atoms with Gasteiger partial charge in [0.2, 0.25) is 0 Å². The molecule has 0 bridgehead atoms. The highest BCUT2D eigenvalue weighted by Gasteiger charge is 2.22. The van der Waals surface area contributed by atoms with E-state index in [4.69, 9.17) is 21.1 Å². The summed E-state index contributed by atoms with van der Waals surface area (Å²) in [5, 5.41) is 4.68. The first-order valence-corrected chi connectivity index (χ1v) is 5.88. The Hall–Kier alpha value is -0.910. The zero-order valence-corrected chi connectivity index (χ0v) is 10.7. The Bertz CT molecular complexity index is 425. The van der Waals surface area contributed by atoms with Crippen LogP contribution in [0, 0.1) is 6.92 Å². The molecule has 1 aromatic rings. The number of ketones is 1. The van der Waals surface area contributed by atoms with Gasteiger partial charge in [0.25, 0.3) is 0 Å². The minimum Gasteiger partial charge on any atom is -0.350 e. The maximum Gasteiger partial charge on any atom is 0.164 e. The molecule has 5 nitrogen and oxygen atoms in total. The number of ether oxygens (including phenoxy) is 2. The predicted molar refractivity (Wildman–Crippen MR) is 62.0 cm³/mol. The highest BCUT2D eigenvalue weighted by molar-refractivity contribution is 6.30. The number of Topliss-reactive ketones (excluding diaryl/α,β-unsaturated/α-hetero) is 1. The quantitative estimate of drug-likeness (QED) is 0.816. The van der Waals surface area contributed by atoms with E-state index >= 15 is 0 Å². The molecule has 0 radical (unpaired) electrons. The average Bonchev–Trinajstić information content (AvgIpc) is 2.83. The molecule has 0 amide bonds. The van der Waals surface area contributed by atoms with Crippen molar-refractivity contribution in [2.45, 2.75) is 26.1 Å². The Kier molecular flexibility index (Phi) is 3.81. The normalized spacial score (nSPS) is 16.6. The van der Waals surface area contributed by atoms with Crippen LogP contribution in [0.3, 0.4) is 0 Å². The van der Waals surface area contributed by atoms with Crippen LogP contribution in [0.1, 0.15) is 17.7 Å². The van der Waals surface area contributed by atoms with Gasteiger partial charge in [-0.25, -0.2) is 0 Å². The Morgan fingerprint density at radius 1 is 1.53 bits per heavy atom. The van der Waals surface area contributed by atoms with E-state index in [1.54, 1.807) is 11.7 Å². The molecule has 2 rings (SSSR count). The molecular weight excluding hydrogens is 244 g/mol. The second kappa shape index (κ2) is 5.16. The van der Waals surface area contributed by atoms with Crippen LogP contribution in [-0.2, 0) is 27.7 Å². The van der Waals surface area contributed by atoms with Crippen molar-refractivity contribution in [2.24, 2.45) is 7.05 Å². The van der Waals surface area contributed by atoms with Crippen molar-refractivity contribution in [1.29, 1.82) is 0 Å². The van der Waals surface area contributed by atoms with Gasteiger partial charge < -0.3 is 9.47 Å². The molecule has 1 fully saturated rings. The lowest BCUT2D eigenvalue weighted by Gasteiger charge is -2.07. The Balaban J connectivity index is 1.97. The van der Waals surface area contributed by atoms with E-state index in [2.05, 4.69) is 5.10 Å². The number of hydrogen-bond donors (Lipinski definition) is 0. The van der Waals surface area contributed by atoms with Gasteiger partial charge in [-0.2, -0.15) is 5.10 Å². The van der Waals surface area contributed by atoms with Gasteiger partial charge in [0.15, 0.2) is 6.29 Å². The second-order valence-electron chi connectivity index (χ2n) is 4.07. The van der Waals surface area contributed by atoms with E-state index in [0.29, 0.717) is 18.4 Å². The summed E-state index contributed by atoms with van der Waals surface area (Å²) in [5.74, 6) is 0.0508. The highest BCUT2D eigenvalue weighted by Crippen LogP contribution is 2.20. The fourth-order valence-electron chi connectivity index (χ4n) is 1.86. The average molecular weight is 259 g/mol. The monoisotopic (exact) mass is 258 g/mol. The van der Waals surface area contributed by atoms with Crippen molar-refractivity contribution in [1.82, 2.24) is 9.78 Å². The van der Waals surface area contributed by atoms with Crippen LogP contribution in [0.2, 0.25) is 5.15 Å². The molecule has 0 aromatic carbocycles. The molecule has 6 heteroatoms. The van der Waals surface area contributed by atoms with Gasteiger partial charge >= 0.3 is 0 Å². The van der Waals surface area contributed by atoms with Crippen molar-refractivity contribution < 1.29 is 14.3 Å². The number of hydrogen-bond acceptors (Lipinski definition) is 4. The van der Waals surface area contributed by atoms with Crippen molar-refractivity contribution in [2.75, 3.05) is 13.2 Å². The van der Waals surface area contributed by atoms with Gasteiger partial charge in [-0.05, 0) is 6.92 Å². The summed E-state index contributed by atoms with van der Waals surface area (Å²) in [5.41, 5.74) is 1.58. The molecule has 0 atom stereocenters. The lowest BCUT2D eigenvalue weighted by molar-refractivity contribution is -0.126. The molecule has 0 unspecified atom stereocenters. The first-order chi connectivity index (χ1) is 8.08. The zero-order valence-electron chi connectivity index (χ0n) is 9.90. The number of halogens is 1. The van der Waals surface area contributed by atoms with Crippen molar-refractivity contribution in [3.05, 3.63) is 16.4 Å². The van der Waals surface area contributed by atoms with Crippen LogP contribution >= 0.6 is 11.6 Å². The summed E-state index contributed by atoms with van der Waals surface area (Å²) < 4.78 is 12.0. The van der Waals surface area contributed by atoms with E-state index in [9.17, 15) is 4.79 Å². The summed E-state index contributed by atoms with van der Waals surface area (Å²) in [6, 6.07) is 0. The van der Waals surface area contributed by atoms with Gasteiger partial charge in [-0.1, -0.05) is 11.6 Å². The first-order valence-electron chi connectivity index (χ1n) is 5.51. The number of nitrogens with zero attached hydrogens (tertiary/aromatic N) is 2. The van der Waals surface area contributed by atoms with Gasteiger partial charge in [-0.3, -0.25) is 9.48 Å². The van der Waals surface area contributed by atoms with Crippen LogP contribution in [0.4, 0.5) is 0 Å². The number of carbonyl (C=O) groups is 1. The SMILES string of the molecule is Cc1nn(C)c(Cl)c1CC(=O)CC1OCCO1. The molecule has 2 heterocycles. The second-order valence-corrected chi connectivity index (χ2v) is 4.43. The van der Waals surface area contributed by atoms with Crippen LogP contribution in [0.25, 0.3) is 0 Å². The number of aryl methyl sites for hydroxylation is 2. The van der Waals surface area contributed by atoms with Crippen molar-refractivity contribution in [3.63, 3.8) is 0 Å². The topological polar surface area (TPSA) is 53.4 Å². The maximum absolute atomic E-state index is 11.8. The highest BCUT2D eigenvalue weighted by atomic mass is 35.5. The molecule has 0 saturated carbocycles. The molecule has 17 heavy (non-hydrogen) atoms. The van der Waals surface area contributed by atoms with Crippen LogP contribution < -0.4 is 0 Å². The number of aromatic nitrogens is 2. The summed E-state index contributed by atoms with van der Waals surface area (Å²) in [6.45, 7) is 2.96. The number of rotatable bonds is 4. The molecule has 1 aliphatic rings. The molecule has 0 N–H and O–H groups in total. The van der Waals surface area contributed by atoms with Gasteiger partial charge in [0.1, 0.15) is 10.9 Å². The Morgan fingerprint density at radius 2 is 2.18 bits per heavy atom. The van der Waals surface area contributed by atoms with E-state index in [1.165, 1.54) is 0 Å². The molecule has 0 spiro atoms. The smallest absolute Gasteiger partial charge is 0.164 e. The third-order valence-corrected chi connectivity index (χ3v) is 3.20. The summed E-state index contributed by atoms with van der Waals surface area (Å²) in [4.78, 5) is 11.8. The van der Waals surface area contributed by atoms with Crippen molar-refractivity contribution >= 4 is 17.4 Å². The van der Waals surface area contributed by atoms with Crippen molar-refractivity contribution in [3.8, 4) is 0 Å². The zero-order chi connectivity index (χ0) is 12.4. The molecule has 0 aliphatic carbocycles. The van der Waals surface area contributed by atoms with Gasteiger partial charge in [-0.15, -0.1) is 0 Å². The first kappa shape index (κ1) is 12.5. The van der Waals surface area contributed by atoms with Crippen LogP contribution in [0.15, 0.2) is 0 Å². The van der Waals surface area contributed by atoms with E-state index in [0.717, 1.165) is 11.3 Å². The number of carbonyl (C=O) groups excluding carboxylic acids is 1. The van der Waals surface area contributed by atoms with Gasteiger partial charge in [0.05, 0.1) is 25.3 Å². The van der Waals surface area contributed by atoms with Crippen LogP contribution in [-0.4, -0.2) is 35.1 Å². The molecule has 94 valence electrons. The fourth-order valence-corrected chi connectivity index (χ4v) is 2.10. The molecule has 1 aromatic heterocycles. The Morgan fingerprint density at radius 3 is 2.71 bits per heavy atom. The predicted octanol–water partition coefficient (Wildman–Crippen LogP) is 1.26. The van der Waals surface area contributed by atoms with E-state index < -0.39 is 6.29 Å². The minimum atomic E-state index is -0.391. The lowest BCUT2D eigenvalue weighted by atomic mass is 10.1. The van der Waals surface area contributed by atoms with Crippen LogP contribution in [0.5, 0.6) is 0 Å². The largest absolute Gasteiger partial charge is 0.350 e. The van der Waals surface area contributed by atoms with E-state index in [-0.39, 0.29) is 18.6 Å². The third-order valence-electron chi connectivity index (χ3n) is 2.73. The lowest BCUT2D eigenvalue weighted by Crippen LogP contribution is -2.16. The molecule has 1 saturated heterocycles. The Labute approximate surface area is 105 Å². The van der Waals surface area contributed by atoms with Gasteiger partial charge in [0, 0.05) is 19.0 Å². The summed E-state index contributed by atoms with van der Waals surface area (Å²) >= 11 is 6.06. The molecule has 1 aliphatic heterocycles. The molecular formula is C11H15ClN2O3. The standard InChI is InChI=1S/C11H15ClN2O3/c1-7-9(11(12)14(2)13-7)5-8(15)6-10-16-3-4-17-10/h10H,3-6H2,1-2H3. The maximum atomic E-state index is 11.8. The summed E-state index contributed by atoms with van der Waals surface area (Å²) in [7, 11) is 1.76.